The number of fused-ring (bicyclic) bond motifs is 1. The molecular formula is C13H14ClN5. The molecule has 0 fully saturated rings. The molecule has 0 aliphatic carbocycles. The number of alkyl halides is 1. The standard InChI is InChI=1S/C13H14ClN5/c1-18-7-5-16-12(18)3-6-19-11-2-4-15-9-10(11)17-13(19)8-14/h2,4-5,7,9H,3,6,8H2,1H3. The van der Waals surface area contributed by atoms with Gasteiger partial charge < -0.3 is 9.13 Å². The zero-order chi connectivity index (χ0) is 13.2. The lowest BCUT2D eigenvalue weighted by atomic mass is 10.3. The summed E-state index contributed by atoms with van der Waals surface area (Å²) in [6.45, 7) is 0.813. The Morgan fingerprint density at radius 2 is 2.16 bits per heavy atom. The first-order valence-corrected chi connectivity index (χ1v) is 6.64. The van der Waals surface area contributed by atoms with Gasteiger partial charge in [-0.25, -0.2) is 9.97 Å². The van der Waals surface area contributed by atoms with Crippen LogP contribution in [-0.2, 0) is 25.9 Å². The predicted octanol–water partition coefficient (Wildman–Crippen LogP) is 2.15. The summed E-state index contributed by atoms with van der Waals surface area (Å²) in [6.07, 6.45) is 8.16. The van der Waals surface area contributed by atoms with Crippen molar-refractivity contribution in [2.45, 2.75) is 18.8 Å². The van der Waals surface area contributed by atoms with Crippen molar-refractivity contribution in [1.29, 1.82) is 0 Å². The average molecular weight is 276 g/mol. The number of pyridine rings is 1. The molecule has 0 spiro atoms. The van der Waals surface area contributed by atoms with E-state index in [1.165, 1.54) is 0 Å². The van der Waals surface area contributed by atoms with E-state index in [1.807, 2.05) is 30.1 Å². The second kappa shape index (κ2) is 5.01. The number of halogens is 1. The Morgan fingerprint density at radius 1 is 1.26 bits per heavy atom. The molecule has 3 rings (SSSR count). The molecule has 19 heavy (non-hydrogen) atoms. The minimum Gasteiger partial charge on any atom is -0.338 e. The number of nitrogens with zero attached hydrogens (tertiary/aromatic N) is 5. The van der Waals surface area contributed by atoms with E-state index in [-0.39, 0.29) is 0 Å². The van der Waals surface area contributed by atoms with Crippen LogP contribution >= 0.6 is 11.6 Å². The van der Waals surface area contributed by atoms with Crippen LogP contribution in [0.5, 0.6) is 0 Å². The molecule has 6 heteroatoms. The van der Waals surface area contributed by atoms with Gasteiger partial charge in [0.1, 0.15) is 17.2 Å². The van der Waals surface area contributed by atoms with Crippen molar-refractivity contribution in [3.8, 4) is 0 Å². The number of imidazole rings is 2. The van der Waals surface area contributed by atoms with Crippen LogP contribution in [0.25, 0.3) is 11.0 Å². The Labute approximate surface area is 115 Å². The minimum atomic E-state index is 0.398. The molecule has 0 bridgehead atoms. The van der Waals surface area contributed by atoms with Crippen LogP contribution in [0.2, 0.25) is 0 Å². The maximum atomic E-state index is 5.97. The normalized spacial score (nSPS) is 11.3. The third-order valence-electron chi connectivity index (χ3n) is 3.23. The van der Waals surface area contributed by atoms with Gasteiger partial charge in [0.15, 0.2) is 0 Å². The van der Waals surface area contributed by atoms with E-state index in [9.17, 15) is 0 Å². The fourth-order valence-electron chi connectivity index (χ4n) is 2.23. The molecule has 0 amide bonds. The number of rotatable bonds is 4. The predicted molar refractivity (Wildman–Crippen MR) is 74.0 cm³/mol. The molecule has 3 heterocycles. The van der Waals surface area contributed by atoms with E-state index < -0.39 is 0 Å². The summed E-state index contributed by atoms with van der Waals surface area (Å²) in [7, 11) is 2.00. The fraction of sp³-hybridized carbons (Fsp3) is 0.308. The lowest BCUT2D eigenvalue weighted by molar-refractivity contribution is 0.646. The average Bonchev–Trinajstić information content (AvgIpc) is 2.99. The first kappa shape index (κ1) is 12.2. The highest BCUT2D eigenvalue weighted by atomic mass is 35.5. The summed E-state index contributed by atoms with van der Waals surface area (Å²) in [5.41, 5.74) is 1.96. The lowest BCUT2D eigenvalue weighted by Gasteiger charge is -2.07. The Balaban J connectivity index is 1.93. The molecule has 0 aromatic carbocycles. The maximum absolute atomic E-state index is 5.97. The maximum Gasteiger partial charge on any atom is 0.124 e. The third-order valence-corrected chi connectivity index (χ3v) is 3.47. The second-order valence-electron chi connectivity index (χ2n) is 4.38. The van der Waals surface area contributed by atoms with Crippen molar-refractivity contribution in [3.05, 3.63) is 42.5 Å². The highest BCUT2D eigenvalue weighted by Gasteiger charge is 2.10. The Bertz CT molecular complexity index is 700. The largest absolute Gasteiger partial charge is 0.338 e. The van der Waals surface area contributed by atoms with Crippen molar-refractivity contribution in [1.82, 2.24) is 24.1 Å². The molecule has 0 aliphatic heterocycles. The van der Waals surface area contributed by atoms with Gasteiger partial charge in [0.2, 0.25) is 0 Å². The molecule has 0 radical (unpaired) electrons. The summed E-state index contributed by atoms with van der Waals surface area (Å²) in [5, 5.41) is 0. The van der Waals surface area contributed by atoms with Crippen LogP contribution in [-0.4, -0.2) is 24.1 Å². The summed E-state index contributed by atoms with van der Waals surface area (Å²) in [6, 6.07) is 1.97. The Kier molecular flexibility index (Phi) is 3.21. The van der Waals surface area contributed by atoms with Crippen LogP contribution < -0.4 is 0 Å². The van der Waals surface area contributed by atoms with Gasteiger partial charge in [-0.1, -0.05) is 0 Å². The topological polar surface area (TPSA) is 48.5 Å². The van der Waals surface area contributed by atoms with Crippen LogP contribution in [0, 0.1) is 0 Å². The number of hydrogen-bond acceptors (Lipinski definition) is 3. The highest BCUT2D eigenvalue weighted by molar-refractivity contribution is 6.16. The first-order valence-electron chi connectivity index (χ1n) is 6.11. The van der Waals surface area contributed by atoms with E-state index >= 15 is 0 Å². The highest BCUT2D eigenvalue weighted by Crippen LogP contribution is 2.17. The van der Waals surface area contributed by atoms with E-state index in [0.717, 1.165) is 35.6 Å². The van der Waals surface area contributed by atoms with E-state index in [4.69, 9.17) is 11.6 Å². The summed E-state index contributed by atoms with van der Waals surface area (Å²) >= 11 is 5.97. The van der Waals surface area contributed by atoms with Crippen molar-refractivity contribution in [3.63, 3.8) is 0 Å². The van der Waals surface area contributed by atoms with Crippen LogP contribution in [0.4, 0.5) is 0 Å². The molecule has 98 valence electrons. The van der Waals surface area contributed by atoms with Gasteiger partial charge in [0.05, 0.1) is 17.6 Å². The van der Waals surface area contributed by atoms with Gasteiger partial charge in [0.25, 0.3) is 0 Å². The summed E-state index contributed by atoms with van der Waals surface area (Å²) in [5.74, 6) is 2.32. The van der Waals surface area contributed by atoms with Crippen LogP contribution in [0.1, 0.15) is 11.6 Å². The molecule has 3 aromatic heterocycles. The van der Waals surface area contributed by atoms with Crippen LogP contribution in [0.3, 0.4) is 0 Å². The molecular weight excluding hydrogens is 262 g/mol. The van der Waals surface area contributed by atoms with E-state index in [0.29, 0.717) is 5.88 Å². The van der Waals surface area contributed by atoms with E-state index in [1.54, 1.807) is 12.4 Å². The van der Waals surface area contributed by atoms with Gasteiger partial charge in [-0.3, -0.25) is 4.98 Å². The van der Waals surface area contributed by atoms with Crippen LogP contribution in [0.15, 0.2) is 30.9 Å². The van der Waals surface area contributed by atoms with Crippen molar-refractivity contribution >= 4 is 22.6 Å². The third kappa shape index (κ3) is 2.21. The smallest absolute Gasteiger partial charge is 0.124 e. The number of aromatic nitrogens is 5. The van der Waals surface area contributed by atoms with Gasteiger partial charge in [-0.2, -0.15) is 0 Å². The zero-order valence-corrected chi connectivity index (χ0v) is 11.4. The molecule has 0 aliphatic rings. The monoisotopic (exact) mass is 275 g/mol. The molecule has 0 N–H and O–H groups in total. The van der Waals surface area contributed by atoms with Gasteiger partial charge in [-0.05, 0) is 6.07 Å². The van der Waals surface area contributed by atoms with Crippen molar-refractivity contribution in [2.24, 2.45) is 7.05 Å². The van der Waals surface area contributed by atoms with Gasteiger partial charge in [-0.15, -0.1) is 11.6 Å². The quantitative estimate of drug-likeness (QED) is 0.686. The van der Waals surface area contributed by atoms with Gasteiger partial charge >= 0.3 is 0 Å². The number of hydrogen-bond donors (Lipinski definition) is 0. The van der Waals surface area contributed by atoms with Gasteiger partial charge in [0, 0.05) is 38.6 Å². The number of aryl methyl sites for hydroxylation is 3. The molecule has 5 nitrogen and oxygen atoms in total. The molecule has 0 atom stereocenters. The first-order chi connectivity index (χ1) is 9.29. The zero-order valence-electron chi connectivity index (χ0n) is 10.6. The van der Waals surface area contributed by atoms with Crippen molar-refractivity contribution in [2.75, 3.05) is 0 Å². The Hall–Kier alpha value is -1.88. The molecule has 0 saturated heterocycles. The van der Waals surface area contributed by atoms with E-state index in [2.05, 4.69) is 19.5 Å². The molecule has 0 saturated carbocycles. The van der Waals surface area contributed by atoms with Crippen molar-refractivity contribution < 1.29 is 0 Å². The second-order valence-corrected chi connectivity index (χ2v) is 4.65. The summed E-state index contributed by atoms with van der Waals surface area (Å²) in [4.78, 5) is 12.9. The fourth-order valence-corrected chi connectivity index (χ4v) is 2.44. The molecule has 0 unspecified atom stereocenters. The lowest BCUT2D eigenvalue weighted by Crippen LogP contribution is -2.08. The Morgan fingerprint density at radius 3 is 2.89 bits per heavy atom. The molecule has 3 aromatic rings. The summed E-state index contributed by atoms with van der Waals surface area (Å²) < 4.78 is 4.17. The SMILES string of the molecule is Cn1ccnc1CCn1c(CCl)nc2cnccc21. The minimum absolute atomic E-state index is 0.398.